The average molecular weight is 880 g/mol. The molecule has 0 N–H and O–H groups in total. The zero-order valence-electron chi connectivity index (χ0n) is 37.4. The van der Waals surface area contributed by atoms with Gasteiger partial charge >= 0.3 is 0 Å². The molecule has 0 amide bonds. The molecule has 0 bridgehead atoms. The van der Waals surface area contributed by atoms with E-state index in [2.05, 4.69) is 254 Å². The molecule has 69 heavy (non-hydrogen) atoms. The van der Waals surface area contributed by atoms with Crippen LogP contribution in [0.1, 0.15) is 44.5 Å². The average Bonchev–Trinajstić information content (AvgIpc) is 3.87. The van der Waals surface area contributed by atoms with Crippen LogP contribution in [0, 0.1) is 0 Å². The van der Waals surface area contributed by atoms with Crippen molar-refractivity contribution in [2.24, 2.45) is 0 Å². The van der Waals surface area contributed by atoms with Crippen LogP contribution in [0.2, 0.25) is 0 Å². The third-order valence-electron chi connectivity index (χ3n) is 15.4. The minimum Gasteiger partial charge on any atom is -0.457 e. The molecule has 3 nitrogen and oxygen atoms in total. The highest BCUT2D eigenvalue weighted by Crippen LogP contribution is 2.65. The van der Waals surface area contributed by atoms with Gasteiger partial charge in [-0.2, -0.15) is 0 Å². The van der Waals surface area contributed by atoms with Crippen molar-refractivity contribution in [3.05, 3.63) is 293 Å². The fourth-order valence-corrected chi connectivity index (χ4v) is 12.7. The quantitative estimate of drug-likeness (QED) is 0.176. The molecule has 0 unspecified atom stereocenters. The third-order valence-corrected chi connectivity index (χ3v) is 15.4. The van der Waals surface area contributed by atoms with E-state index < -0.39 is 10.8 Å². The zero-order chi connectivity index (χ0) is 45.3. The summed E-state index contributed by atoms with van der Waals surface area (Å²) in [5, 5.41) is 2.40. The van der Waals surface area contributed by atoms with Crippen molar-refractivity contribution >= 4 is 27.8 Å². The molecule has 322 valence electrons. The third kappa shape index (κ3) is 5.11. The van der Waals surface area contributed by atoms with Crippen LogP contribution < -0.4 is 14.4 Å². The minimum absolute atomic E-state index is 0.561. The first-order chi connectivity index (χ1) is 34.2. The van der Waals surface area contributed by atoms with Crippen LogP contribution in [0.4, 0.5) is 17.1 Å². The Morgan fingerprint density at radius 2 is 0.696 bits per heavy atom. The smallest absolute Gasteiger partial charge is 0.132 e. The van der Waals surface area contributed by atoms with E-state index in [0.29, 0.717) is 0 Å². The van der Waals surface area contributed by atoms with Gasteiger partial charge in [-0.3, -0.25) is 0 Å². The van der Waals surface area contributed by atoms with Gasteiger partial charge in [0.15, 0.2) is 0 Å². The van der Waals surface area contributed by atoms with Gasteiger partial charge in [-0.15, -0.1) is 0 Å². The molecule has 2 aliphatic heterocycles. The second-order valence-corrected chi connectivity index (χ2v) is 18.7. The molecule has 0 aromatic heterocycles. The van der Waals surface area contributed by atoms with Crippen LogP contribution in [0.3, 0.4) is 0 Å². The van der Waals surface area contributed by atoms with Crippen molar-refractivity contribution < 1.29 is 9.47 Å². The van der Waals surface area contributed by atoms with Gasteiger partial charge in [-0.05, 0) is 127 Å². The monoisotopic (exact) mass is 879 g/mol. The number of fused-ring (bicyclic) bond motifs is 20. The largest absolute Gasteiger partial charge is 0.457 e. The molecule has 3 heteroatoms. The Bertz CT molecular complexity index is 3830. The van der Waals surface area contributed by atoms with Crippen LogP contribution in [0.25, 0.3) is 44.2 Å². The number of anilines is 3. The number of hydrogen-bond acceptors (Lipinski definition) is 3. The molecule has 11 aromatic rings. The van der Waals surface area contributed by atoms with Crippen molar-refractivity contribution in [1.82, 2.24) is 0 Å². The highest BCUT2D eigenvalue weighted by atomic mass is 16.5. The Morgan fingerprint density at radius 1 is 0.275 bits per heavy atom. The highest BCUT2D eigenvalue weighted by Gasteiger charge is 2.53. The topological polar surface area (TPSA) is 21.7 Å². The number of ether oxygens (including phenoxy) is 2. The lowest BCUT2D eigenvalue weighted by atomic mass is 9.66. The molecule has 0 fully saturated rings. The number of para-hydroxylation sites is 4. The van der Waals surface area contributed by atoms with Crippen molar-refractivity contribution in [2.45, 2.75) is 10.8 Å². The van der Waals surface area contributed by atoms with Crippen molar-refractivity contribution in [3.8, 4) is 56.4 Å². The number of hydrogen-bond donors (Lipinski definition) is 0. The second kappa shape index (κ2) is 14.3. The standard InChI is InChI=1S/C66H41NO2/c1-2-16-42(17-3-1)43-30-34-45(35-31-43)67(47-37-38-49-48-18-4-6-20-52(48)66(59(49)41-47)56-24-10-14-28-62(56)69-63-29-15-11-25-57(63)66)46-36-32-44-33-39-58-64(51(44)40-46)50-19-5-7-21-53(50)65(58)54-22-8-12-26-60(54)68-61-27-13-9-23-55(61)65/h1-41H. The Morgan fingerprint density at radius 3 is 1.30 bits per heavy atom. The first-order valence-corrected chi connectivity index (χ1v) is 23.8. The van der Waals surface area contributed by atoms with Gasteiger partial charge in [0.2, 0.25) is 0 Å². The minimum atomic E-state index is -0.602. The van der Waals surface area contributed by atoms with Crippen LogP contribution in [0.5, 0.6) is 23.0 Å². The maximum Gasteiger partial charge on any atom is 0.132 e. The lowest BCUT2D eigenvalue weighted by Gasteiger charge is -2.39. The predicted octanol–water partition coefficient (Wildman–Crippen LogP) is 16.9. The molecule has 0 radical (unpaired) electrons. The molecule has 0 atom stereocenters. The zero-order valence-corrected chi connectivity index (χ0v) is 37.4. The Hall–Kier alpha value is -8.92. The van der Waals surface area contributed by atoms with Gasteiger partial charge in [0.25, 0.3) is 0 Å². The lowest BCUT2D eigenvalue weighted by Crippen LogP contribution is -2.32. The van der Waals surface area contributed by atoms with E-state index in [4.69, 9.17) is 9.47 Å². The van der Waals surface area contributed by atoms with E-state index >= 15 is 0 Å². The van der Waals surface area contributed by atoms with Gasteiger partial charge in [0.05, 0.1) is 10.8 Å². The lowest BCUT2D eigenvalue weighted by molar-refractivity contribution is 0.436. The van der Waals surface area contributed by atoms with Gasteiger partial charge in [-0.25, -0.2) is 0 Å². The maximum atomic E-state index is 6.72. The summed E-state index contributed by atoms with van der Waals surface area (Å²) in [4.78, 5) is 2.46. The normalized spacial score (nSPS) is 14.3. The van der Waals surface area contributed by atoms with Gasteiger partial charge < -0.3 is 14.4 Å². The summed E-state index contributed by atoms with van der Waals surface area (Å²) in [6.07, 6.45) is 0. The van der Waals surface area contributed by atoms with Gasteiger partial charge in [0, 0.05) is 39.3 Å². The first kappa shape index (κ1) is 38.2. The van der Waals surface area contributed by atoms with Crippen LogP contribution >= 0.6 is 0 Å². The summed E-state index contributed by atoms with van der Waals surface area (Å²) < 4.78 is 13.4. The van der Waals surface area contributed by atoms with Crippen molar-refractivity contribution in [3.63, 3.8) is 0 Å². The summed E-state index contributed by atoms with van der Waals surface area (Å²) in [6.45, 7) is 0. The summed E-state index contributed by atoms with van der Waals surface area (Å²) in [5.41, 5.74) is 19.1. The number of rotatable bonds is 4. The molecule has 0 saturated carbocycles. The molecule has 2 heterocycles. The van der Waals surface area contributed by atoms with Crippen LogP contribution in [-0.4, -0.2) is 0 Å². The SMILES string of the molecule is c1ccc(-c2ccc(N(c3ccc4c(c3)C3(c5ccccc5Oc5ccccc53)c3ccccc3-4)c3ccc4ccc5c(c4c3)-c3ccccc3C53c4ccccc4Oc4ccccc43)cc2)cc1. The van der Waals surface area contributed by atoms with Crippen LogP contribution in [-0.2, 0) is 10.8 Å². The van der Waals surface area contributed by atoms with E-state index in [1.165, 1.54) is 66.4 Å². The maximum absolute atomic E-state index is 6.72. The molecule has 15 rings (SSSR count). The Kier molecular flexibility index (Phi) is 7.92. The molecule has 11 aromatic carbocycles. The van der Waals surface area contributed by atoms with E-state index in [0.717, 1.165) is 62.3 Å². The van der Waals surface area contributed by atoms with Crippen LogP contribution in [0.15, 0.2) is 249 Å². The van der Waals surface area contributed by atoms with Crippen molar-refractivity contribution in [1.29, 1.82) is 0 Å². The summed E-state index contributed by atoms with van der Waals surface area (Å²) in [7, 11) is 0. The summed E-state index contributed by atoms with van der Waals surface area (Å²) in [5.74, 6) is 3.55. The van der Waals surface area contributed by atoms with E-state index in [9.17, 15) is 0 Å². The molecule has 4 aliphatic rings. The van der Waals surface area contributed by atoms with Gasteiger partial charge in [-0.1, -0.05) is 188 Å². The Balaban J connectivity index is 0.992. The van der Waals surface area contributed by atoms with Gasteiger partial charge in [0.1, 0.15) is 23.0 Å². The fourth-order valence-electron chi connectivity index (χ4n) is 12.7. The first-order valence-electron chi connectivity index (χ1n) is 23.8. The van der Waals surface area contributed by atoms with Crippen molar-refractivity contribution in [2.75, 3.05) is 4.90 Å². The van der Waals surface area contributed by atoms with E-state index in [-0.39, 0.29) is 0 Å². The molecule has 2 spiro atoms. The van der Waals surface area contributed by atoms with E-state index in [1.54, 1.807) is 0 Å². The molecule has 0 saturated heterocycles. The summed E-state index contributed by atoms with van der Waals surface area (Å²) >= 11 is 0. The second-order valence-electron chi connectivity index (χ2n) is 18.7. The number of nitrogens with zero attached hydrogens (tertiary/aromatic N) is 1. The Labute approximate surface area is 400 Å². The molecule has 2 aliphatic carbocycles. The van der Waals surface area contributed by atoms with E-state index in [1.807, 2.05) is 0 Å². The predicted molar refractivity (Wildman–Crippen MR) is 279 cm³/mol. The number of benzene rings is 11. The fraction of sp³-hybridized carbons (Fsp3) is 0.0303. The summed E-state index contributed by atoms with van der Waals surface area (Å²) in [6, 6.07) is 90.9. The molecular formula is C66H41NO2. The highest BCUT2D eigenvalue weighted by molar-refractivity contribution is 6.06. The molecular weight excluding hydrogens is 839 g/mol.